The number of aromatic nitrogens is 4. The van der Waals surface area contributed by atoms with Crippen molar-refractivity contribution in [1.29, 1.82) is 0 Å². The molecule has 0 aliphatic carbocycles. The molecular formula is C14H19N5O4S. The van der Waals surface area contributed by atoms with Gasteiger partial charge < -0.3 is 20.1 Å². The van der Waals surface area contributed by atoms with Crippen molar-refractivity contribution >= 4 is 28.7 Å². The number of nitrogens with one attached hydrogen (secondary N) is 2. The minimum atomic E-state index is -0.313. The normalized spacial score (nSPS) is 17.5. The number of fused-ring (bicyclic) bond motifs is 1. The maximum absolute atomic E-state index is 12.0. The average molecular weight is 353 g/mol. The van der Waals surface area contributed by atoms with Gasteiger partial charge in [-0.3, -0.25) is 9.59 Å². The third-order valence-electron chi connectivity index (χ3n) is 3.69. The summed E-state index contributed by atoms with van der Waals surface area (Å²) in [6, 6.07) is 0. The summed E-state index contributed by atoms with van der Waals surface area (Å²) in [4.78, 5) is 30.9. The smallest absolute Gasteiger partial charge is 0.262 e. The van der Waals surface area contributed by atoms with Crippen LogP contribution in [0.15, 0.2) is 16.1 Å². The molecule has 1 fully saturated rings. The zero-order valence-corrected chi connectivity index (χ0v) is 13.8. The first-order chi connectivity index (χ1) is 11.7. The Hall–Kier alpha value is -1.91. The number of carbonyl (C=O) groups is 1. The van der Waals surface area contributed by atoms with Crippen LogP contribution in [-0.2, 0) is 16.1 Å². The average Bonchev–Trinajstić information content (AvgIpc) is 3.22. The molecule has 130 valence electrons. The van der Waals surface area contributed by atoms with E-state index in [1.165, 1.54) is 10.9 Å². The standard InChI is InChI=1S/C14H19N5O4S/c20-4-3-19-12-10(7-16-19)13(22)18-14(17-12)24-8-11(21)15-6-9-2-1-5-23-9/h7,9,20H,1-6,8H2,(H,15,21)(H,17,18,22). The van der Waals surface area contributed by atoms with Crippen LogP contribution in [0, 0.1) is 0 Å². The Morgan fingerprint density at radius 2 is 2.46 bits per heavy atom. The van der Waals surface area contributed by atoms with Gasteiger partial charge in [0.1, 0.15) is 5.39 Å². The Morgan fingerprint density at radius 3 is 3.21 bits per heavy atom. The van der Waals surface area contributed by atoms with Gasteiger partial charge in [-0.2, -0.15) is 5.10 Å². The van der Waals surface area contributed by atoms with Crippen molar-refractivity contribution in [3.05, 3.63) is 16.6 Å². The molecule has 0 radical (unpaired) electrons. The number of carbonyl (C=O) groups excluding carboxylic acids is 1. The molecule has 9 nitrogen and oxygen atoms in total. The van der Waals surface area contributed by atoms with Gasteiger partial charge in [0, 0.05) is 13.2 Å². The van der Waals surface area contributed by atoms with Gasteiger partial charge in [-0.05, 0) is 12.8 Å². The Bertz CT molecular complexity index is 768. The van der Waals surface area contributed by atoms with E-state index >= 15 is 0 Å². The zero-order valence-electron chi connectivity index (χ0n) is 13.0. The summed E-state index contributed by atoms with van der Waals surface area (Å²) in [6.45, 7) is 1.42. The summed E-state index contributed by atoms with van der Waals surface area (Å²) in [5.74, 6) is 0.0112. The van der Waals surface area contributed by atoms with Crippen molar-refractivity contribution in [1.82, 2.24) is 25.1 Å². The highest BCUT2D eigenvalue weighted by Crippen LogP contribution is 2.15. The van der Waals surface area contributed by atoms with E-state index in [-0.39, 0.29) is 36.5 Å². The molecule has 0 aromatic carbocycles. The first kappa shape index (κ1) is 16.9. The summed E-state index contributed by atoms with van der Waals surface area (Å²) in [5, 5.41) is 16.6. The Labute approximate surface area is 141 Å². The first-order valence-corrected chi connectivity index (χ1v) is 8.73. The predicted molar refractivity (Wildman–Crippen MR) is 87.9 cm³/mol. The largest absolute Gasteiger partial charge is 0.394 e. The van der Waals surface area contributed by atoms with Crippen molar-refractivity contribution < 1.29 is 14.6 Å². The van der Waals surface area contributed by atoms with Crippen LogP contribution in [0.5, 0.6) is 0 Å². The van der Waals surface area contributed by atoms with E-state index in [9.17, 15) is 9.59 Å². The van der Waals surface area contributed by atoms with Gasteiger partial charge in [0.25, 0.3) is 5.56 Å². The lowest BCUT2D eigenvalue weighted by molar-refractivity contribution is -0.119. The van der Waals surface area contributed by atoms with E-state index in [1.54, 1.807) is 0 Å². The molecule has 24 heavy (non-hydrogen) atoms. The Morgan fingerprint density at radius 1 is 1.58 bits per heavy atom. The van der Waals surface area contributed by atoms with E-state index in [0.717, 1.165) is 31.2 Å². The molecule has 2 aromatic heterocycles. The van der Waals surface area contributed by atoms with Crippen molar-refractivity contribution in [3.8, 4) is 0 Å². The van der Waals surface area contributed by atoms with Crippen LogP contribution < -0.4 is 10.9 Å². The number of ether oxygens (including phenoxy) is 1. The predicted octanol–water partition coefficient (Wildman–Crippen LogP) is -0.501. The number of H-pyrrole nitrogens is 1. The monoisotopic (exact) mass is 353 g/mol. The molecule has 10 heteroatoms. The molecule has 0 bridgehead atoms. The molecule has 0 spiro atoms. The zero-order chi connectivity index (χ0) is 16.9. The van der Waals surface area contributed by atoms with Crippen molar-refractivity contribution in [2.75, 3.05) is 25.5 Å². The lowest BCUT2D eigenvalue weighted by Gasteiger charge is -2.10. The third-order valence-corrected chi connectivity index (χ3v) is 4.56. The van der Waals surface area contributed by atoms with E-state index < -0.39 is 0 Å². The van der Waals surface area contributed by atoms with Crippen LogP contribution in [0.2, 0.25) is 0 Å². The van der Waals surface area contributed by atoms with Crippen LogP contribution in [-0.4, -0.2) is 62.4 Å². The molecule has 3 heterocycles. The first-order valence-electron chi connectivity index (χ1n) is 7.75. The summed E-state index contributed by atoms with van der Waals surface area (Å²) < 4.78 is 6.91. The summed E-state index contributed by atoms with van der Waals surface area (Å²) in [5.41, 5.74) is 0.0847. The van der Waals surface area contributed by atoms with Crippen LogP contribution >= 0.6 is 11.8 Å². The van der Waals surface area contributed by atoms with Crippen LogP contribution in [0.3, 0.4) is 0 Å². The highest BCUT2D eigenvalue weighted by molar-refractivity contribution is 7.99. The molecular weight excluding hydrogens is 334 g/mol. The van der Waals surface area contributed by atoms with E-state index in [0.29, 0.717) is 22.7 Å². The lowest BCUT2D eigenvalue weighted by Crippen LogP contribution is -2.33. The second-order valence-corrected chi connectivity index (χ2v) is 6.39. The highest BCUT2D eigenvalue weighted by atomic mass is 32.2. The summed E-state index contributed by atoms with van der Waals surface area (Å²) in [6.07, 6.45) is 3.51. The molecule has 3 N–H and O–H groups in total. The fourth-order valence-corrected chi connectivity index (χ4v) is 3.18. The van der Waals surface area contributed by atoms with Crippen molar-refractivity contribution in [2.24, 2.45) is 0 Å². The van der Waals surface area contributed by atoms with Crippen molar-refractivity contribution in [3.63, 3.8) is 0 Å². The highest BCUT2D eigenvalue weighted by Gasteiger charge is 2.16. The van der Waals surface area contributed by atoms with Crippen LogP contribution in [0.4, 0.5) is 0 Å². The second kappa shape index (κ2) is 7.77. The van der Waals surface area contributed by atoms with E-state index in [4.69, 9.17) is 9.84 Å². The molecule has 1 amide bonds. The minimum absolute atomic E-state index is 0.0978. The SMILES string of the molecule is O=C(CSc1nc2c(cnn2CCO)c(=O)[nH]1)NCC1CCCO1. The number of hydrogen-bond acceptors (Lipinski definition) is 7. The number of nitrogens with zero attached hydrogens (tertiary/aromatic N) is 3. The van der Waals surface area contributed by atoms with Gasteiger partial charge in [0.15, 0.2) is 10.8 Å². The third kappa shape index (κ3) is 3.94. The number of thioether (sulfide) groups is 1. The van der Waals surface area contributed by atoms with Gasteiger partial charge in [-0.15, -0.1) is 0 Å². The van der Waals surface area contributed by atoms with Crippen LogP contribution in [0.1, 0.15) is 12.8 Å². The Balaban J connectivity index is 1.60. The number of aromatic amines is 1. The van der Waals surface area contributed by atoms with Crippen LogP contribution in [0.25, 0.3) is 11.0 Å². The molecule has 1 saturated heterocycles. The summed E-state index contributed by atoms with van der Waals surface area (Å²) in [7, 11) is 0. The van der Waals surface area contributed by atoms with Crippen molar-refractivity contribution in [2.45, 2.75) is 30.6 Å². The molecule has 2 aromatic rings. The van der Waals surface area contributed by atoms with Gasteiger partial charge in [-0.25, -0.2) is 9.67 Å². The molecule has 1 aliphatic heterocycles. The maximum Gasteiger partial charge on any atom is 0.262 e. The van der Waals surface area contributed by atoms with Gasteiger partial charge in [-0.1, -0.05) is 11.8 Å². The molecule has 1 atom stereocenters. The Kier molecular flexibility index (Phi) is 5.48. The molecule has 1 unspecified atom stereocenters. The topological polar surface area (TPSA) is 122 Å². The number of hydrogen-bond donors (Lipinski definition) is 3. The molecule has 1 aliphatic rings. The number of amides is 1. The fraction of sp³-hybridized carbons (Fsp3) is 0.571. The number of aliphatic hydroxyl groups excluding tert-OH is 1. The molecule has 0 saturated carbocycles. The van der Waals surface area contributed by atoms with Gasteiger partial charge in [0.2, 0.25) is 5.91 Å². The quantitative estimate of drug-likeness (QED) is 0.453. The van der Waals surface area contributed by atoms with Gasteiger partial charge >= 0.3 is 0 Å². The lowest BCUT2D eigenvalue weighted by atomic mass is 10.2. The summed E-state index contributed by atoms with van der Waals surface area (Å²) >= 11 is 1.15. The van der Waals surface area contributed by atoms with E-state index in [1.807, 2.05) is 0 Å². The minimum Gasteiger partial charge on any atom is -0.394 e. The second-order valence-electron chi connectivity index (χ2n) is 5.43. The van der Waals surface area contributed by atoms with E-state index in [2.05, 4.69) is 20.4 Å². The van der Waals surface area contributed by atoms with Gasteiger partial charge in [0.05, 0.1) is 31.2 Å². The number of rotatable bonds is 7. The molecule has 3 rings (SSSR count). The fourth-order valence-electron chi connectivity index (χ4n) is 2.49. The maximum atomic E-state index is 12.0. The number of aliphatic hydroxyl groups is 1.